The molecule has 3 aromatic carbocycles. The Morgan fingerprint density at radius 3 is 2.36 bits per heavy atom. The molecule has 0 saturated carbocycles. The largest absolute Gasteiger partial charge is 0.494 e. The van der Waals surface area contributed by atoms with Gasteiger partial charge in [0.1, 0.15) is 11.0 Å². The van der Waals surface area contributed by atoms with Crippen LogP contribution in [0, 0.1) is 0 Å². The van der Waals surface area contributed by atoms with Crippen LogP contribution in [0.1, 0.15) is 27.4 Å². The Bertz CT molecular complexity index is 1520. The number of thioether (sulfide) groups is 1. The fraction of sp³-hybridized carbons (Fsp3) is 0.100. The fourth-order valence-electron chi connectivity index (χ4n) is 3.78. The molecule has 0 spiro atoms. The van der Waals surface area contributed by atoms with Crippen molar-refractivity contribution in [3.8, 4) is 17.0 Å². The number of carbonyl (C=O) groups excluding carboxylic acids is 2. The van der Waals surface area contributed by atoms with Gasteiger partial charge in [-0.2, -0.15) is 0 Å². The highest BCUT2D eigenvalue weighted by Gasteiger charge is 2.23. The monoisotopic (exact) mass is 571 g/mol. The summed E-state index contributed by atoms with van der Waals surface area (Å²) < 4.78 is 5.52. The van der Waals surface area contributed by atoms with Crippen molar-refractivity contribution in [1.82, 2.24) is 4.98 Å². The van der Waals surface area contributed by atoms with Crippen molar-refractivity contribution in [3.63, 3.8) is 0 Å². The second-order valence-corrected chi connectivity index (χ2v) is 11.3. The molecule has 0 saturated heterocycles. The van der Waals surface area contributed by atoms with Crippen LogP contribution in [0.3, 0.4) is 0 Å². The molecule has 2 N–H and O–H groups in total. The lowest BCUT2D eigenvalue weighted by atomic mass is 10.1. The van der Waals surface area contributed by atoms with E-state index in [2.05, 4.69) is 15.6 Å². The van der Waals surface area contributed by atoms with Gasteiger partial charge in [-0.05, 0) is 72.5 Å². The Morgan fingerprint density at radius 2 is 1.67 bits per heavy atom. The Kier molecular flexibility index (Phi) is 8.72. The van der Waals surface area contributed by atoms with Gasteiger partial charge in [0.2, 0.25) is 5.91 Å². The number of amides is 2. The third kappa shape index (κ3) is 6.94. The normalized spacial score (nSPS) is 11.5. The van der Waals surface area contributed by atoms with E-state index in [4.69, 9.17) is 4.74 Å². The van der Waals surface area contributed by atoms with Crippen molar-refractivity contribution in [1.29, 1.82) is 0 Å². The zero-order valence-corrected chi connectivity index (χ0v) is 23.4. The van der Waals surface area contributed by atoms with Crippen molar-refractivity contribution in [3.05, 3.63) is 112 Å². The third-order valence-electron chi connectivity index (χ3n) is 5.65. The number of aromatic nitrogens is 1. The van der Waals surface area contributed by atoms with E-state index in [0.717, 1.165) is 27.5 Å². The topological polar surface area (TPSA) is 80.3 Å². The Hall–Kier alpha value is -3.92. The number of carbonyl (C=O) groups is 2. The van der Waals surface area contributed by atoms with E-state index in [1.54, 1.807) is 6.07 Å². The lowest BCUT2D eigenvalue weighted by Crippen LogP contribution is -2.19. The van der Waals surface area contributed by atoms with E-state index in [1.807, 2.05) is 103 Å². The number of thiophene rings is 1. The van der Waals surface area contributed by atoms with E-state index < -0.39 is 5.25 Å². The van der Waals surface area contributed by atoms with E-state index in [9.17, 15) is 9.59 Å². The number of nitrogens with one attached hydrogen (secondary N) is 2. The zero-order valence-electron chi connectivity index (χ0n) is 21.0. The molecular formula is C30H25N3O3S3. The predicted octanol–water partition coefficient (Wildman–Crippen LogP) is 7.99. The quantitative estimate of drug-likeness (QED) is 0.166. The standard InChI is InChI=1S/C30H25N3O3S3/c1-2-36-23-14-10-20(11-15-23)25-19-38-30(32-25)33-29(35)27(21-7-4-3-5-8-21)39-24-16-12-22(13-17-24)31-28(34)26-9-6-18-37-26/h3-19,27H,2H2,1H3,(H,31,34)(H,32,33,35). The van der Waals surface area contributed by atoms with Gasteiger partial charge in [0, 0.05) is 21.5 Å². The van der Waals surface area contributed by atoms with E-state index in [-0.39, 0.29) is 11.8 Å². The number of hydrogen-bond acceptors (Lipinski definition) is 7. The summed E-state index contributed by atoms with van der Waals surface area (Å²) >= 11 is 4.23. The van der Waals surface area contributed by atoms with Gasteiger partial charge in [-0.25, -0.2) is 4.98 Å². The first-order chi connectivity index (χ1) is 19.1. The minimum Gasteiger partial charge on any atom is -0.494 e. The fourth-order valence-corrected chi connectivity index (χ4v) is 6.14. The molecule has 0 bridgehead atoms. The molecule has 0 radical (unpaired) electrons. The molecule has 0 aliphatic carbocycles. The van der Waals surface area contributed by atoms with E-state index in [1.165, 1.54) is 34.4 Å². The van der Waals surface area contributed by atoms with Crippen molar-refractivity contribution >= 4 is 57.1 Å². The van der Waals surface area contributed by atoms with Crippen LogP contribution in [0.5, 0.6) is 5.75 Å². The molecule has 0 aliphatic rings. The smallest absolute Gasteiger partial charge is 0.265 e. The molecular weight excluding hydrogens is 547 g/mol. The van der Waals surface area contributed by atoms with Crippen LogP contribution >= 0.6 is 34.4 Å². The summed E-state index contributed by atoms with van der Waals surface area (Å²) in [6, 6.07) is 28.6. The maximum absolute atomic E-state index is 13.5. The minimum atomic E-state index is -0.490. The van der Waals surface area contributed by atoms with Crippen LogP contribution in [0.2, 0.25) is 0 Å². The number of nitrogens with zero attached hydrogens (tertiary/aromatic N) is 1. The summed E-state index contributed by atoms with van der Waals surface area (Å²) in [5, 5.41) is 9.76. The summed E-state index contributed by atoms with van der Waals surface area (Å²) in [4.78, 5) is 32.0. The van der Waals surface area contributed by atoms with Crippen molar-refractivity contribution in [2.75, 3.05) is 17.2 Å². The van der Waals surface area contributed by atoms with Crippen LogP contribution in [-0.4, -0.2) is 23.4 Å². The maximum Gasteiger partial charge on any atom is 0.265 e. The molecule has 0 fully saturated rings. The Morgan fingerprint density at radius 1 is 0.897 bits per heavy atom. The van der Waals surface area contributed by atoms with Crippen molar-refractivity contribution in [2.24, 2.45) is 0 Å². The second kappa shape index (κ2) is 12.8. The lowest BCUT2D eigenvalue weighted by molar-refractivity contribution is -0.115. The summed E-state index contributed by atoms with van der Waals surface area (Å²) in [5.41, 5.74) is 3.33. The van der Waals surface area contributed by atoms with Gasteiger partial charge in [-0.1, -0.05) is 36.4 Å². The van der Waals surface area contributed by atoms with Gasteiger partial charge in [0.25, 0.3) is 5.91 Å². The summed E-state index contributed by atoms with van der Waals surface area (Å²) in [6.07, 6.45) is 0. The molecule has 2 amide bonds. The van der Waals surface area contributed by atoms with Gasteiger partial charge < -0.3 is 15.4 Å². The number of benzene rings is 3. The van der Waals surface area contributed by atoms with Gasteiger partial charge in [-0.15, -0.1) is 34.4 Å². The van der Waals surface area contributed by atoms with Crippen LogP contribution in [-0.2, 0) is 4.79 Å². The van der Waals surface area contributed by atoms with Gasteiger partial charge in [0.05, 0.1) is 17.2 Å². The summed E-state index contributed by atoms with van der Waals surface area (Å²) in [5.74, 6) is 0.513. The minimum absolute atomic E-state index is 0.139. The molecule has 6 nitrogen and oxygen atoms in total. The van der Waals surface area contributed by atoms with Crippen LogP contribution in [0.4, 0.5) is 10.8 Å². The first-order valence-electron chi connectivity index (χ1n) is 12.2. The maximum atomic E-state index is 13.5. The zero-order chi connectivity index (χ0) is 27.0. The molecule has 0 aliphatic heterocycles. The molecule has 1 unspecified atom stereocenters. The molecule has 9 heteroatoms. The number of hydrogen-bond donors (Lipinski definition) is 2. The molecule has 2 aromatic heterocycles. The number of ether oxygens (including phenoxy) is 1. The third-order valence-corrected chi connectivity index (χ3v) is 8.54. The van der Waals surface area contributed by atoms with Crippen LogP contribution in [0.25, 0.3) is 11.3 Å². The lowest BCUT2D eigenvalue weighted by Gasteiger charge is -2.16. The Balaban J connectivity index is 1.28. The highest BCUT2D eigenvalue weighted by molar-refractivity contribution is 8.00. The van der Waals surface area contributed by atoms with Gasteiger partial charge >= 0.3 is 0 Å². The molecule has 5 rings (SSSR count). The average molecular weight is 572 g/mol. The Labute approximate surface area is 239 Å². The number of rotatable bonds is 10. The van der Waals surface area contributed by atoms with Gasteiger partial charge in [-0.3, -0.25) is 9.59 Å². The number of thiazole rings is 1. The molecule has 2 heterocycles. The number of anilines is 2. The molecule has 39 heavy (non-hydrogen) atoms. The van der Waals surface area contributed by atoms with Crippen molar-refractivity contribution in [2.45, 2.75) is 17.1 Å². The summed E-state index contributed by atoms with van der Waals surface area (Å²) in [7, 11) is 0. The highest BCUT2D eigenvalue weighted by atomic mass is 32.2. The summed E-state index contributed by atoms with van der Waals surface area (Å²) in [6.45, 7) is 2.56. The first-order valence-corrected chi connectivity index (χ1v) is 14.9. The van der Waals surface area contributed by atoms with E-state index in [0.29, 0.717) is 22.3 Å². The first kappa shape index (κ1) is 26.7. The van der Waals surface area contributed by atoms with Gasteiger partial charge in [0.15, 0.2) is 5.13 Å². The SMILES string of the molecule is CCOc1ccc(-c2csc(NC(=O)C(Sc3ccc(NC(=O)c4cccs4)cc3)c3ccccc3)n2)cc1. The van der Waals surface area contributed by atoms with Crippen LogP contribution < -0.4 is 15.4 Å². The van der Waals surface area contributed by atoms with E-state index >= 15 is 0 Å². The molecule has 5 aromatic rings. The second-order valence-electron chi connectivity index (χ2n) is 8.35. The van der Waals surface area contributed by atoms with Crippen molar-refractivity contribution < 1.29 is 14.3 Å². The molecule has 196 valence electrons. The molecule has 1 atom stereocenters. The predicted molar refractivity (Wildman–Crippen MR) is 161 cm³/mol. The van der Waals surface area contributed by atoms with Crippen LogP contribution in [0.15, 0.2) is 107 Å². The highest BCUT2D eigenvalue weighted by Crippen LogP contribution is 2.37. The average Bonchev–Trinajstić information content (AvgIpc) is 3.67.